The predicted molar refractivity (Wildman–Crippen MR) is 43.3 cm³/mol. The van der Waals surface area contributed by atoms with E-state index in [1.165, 1.54) is 0 Å². The molecule has 4 heteroatoms. The molecule has 0 aliphatic rings. The van der Waals surface area contributed by atoms with Crippen LogP contribution < -0.4 is 5.32 Å². The van der Waals surface area contributed by atoms with Gasteiger partial charge in [0, 0.05) is 13.0 Å². The SMILES string of the molecule is CCc1ncn(CCNC)n1. The van der Waals surface area contributed by atoms with Gasteiger partial charge in [-0.05, 0) is 7.05 Å². The Kier molecular flexibility index (Phi) is 3.04. The molecule has 4 nitrogen and oxygen atoms in total. The molecular weight excluding hydrogens is 140 g/mol. The summed E-state index contributed by atoms with van der Waals surface area (Å²) in [7, 11) is 1.93. The maximum absolute atomic E-state index is 4.23. The first-order valence-electron chi connectivity index (χ1n) is 3.89. The van der Waals surface area contributed by atoms with Gasteiger partial charge in [-0.3, -0.25) is 4.68 Å². The highest BCUT2D eigenvalue weighted by Crippen LogP contribution is 1.89. The van der Waals surface area contributed by atoms with E-state index in [-0.39, 0.29) is 0 Å². The fourth-order valence-corrected chi connectivity index (χ4v) is 0.829. The standard InChI is InChI=1S/C7H14N4/c1-3-7-9-6-11(10-7)5-4-8-2/h6,8H,3-5H2,1-2H3. The van der Waals surface area contributed by atoms with Gasteiger partial charge in [0.25, 0.3) is 0 Å². The molecule has 0 unspecified atom stereocenters. The summed E-state index contributed by atoms with van der Waals surface area (Å²) in [5.74, 6) is 0.918. The van der Waals surface area contributed by atoms with E-state index in [4.69, 9.17) is 0 Å². The van der Waals surface area contributed by atoms with Gasteiger partial charge in [-0.2, -0.15) is 5.10 Å². The Morgan fingerprint density at radius 2 is 2.45 bits per heavy atom. The summed E-state index contributed by atoms with van der Waals surface area (Å²) in [6, 6.07) is 0. The summed E-state index contributed by atoms with van der Waals surface area (Å²) < 4.78 is 1.86. The molecule has 0 aliphatic heterocycles. The van der Waals surface area contributed by atoms with Gasteiger partial charge in [0.2, 0.25) is 0 Å². The highest BCUT2D eigenvalue weighted by molar-refractivity contribution is 4.79. The van der Waals surface area contributed by atoms with Gasteiger partial charge in [-0.25, -0.2) is 4.98 Å². The van der Waals surface area contributed by atoms with Crippen molar-refractivity contribution in [3.05, 3.63) is 12.2 Å². The van der Waals surface area contributed by atoms with Crippen molar-refractivity contribution in [1.82, 2.24) is 20.1 Å². The van der Waals surface area contributed by atoms with Gasteiger partial charge in [-0.1, -0.05) is 6.92 Å². The van der Waals surface area contributed by atoms with Crippen LogP contribution in [0.1, 0.15) is 12.7 Å². The number of aryl methyl sites for hydroxylation is 1. The molecule has 11 heavy (non-hydrogen) atoms. The molecule has 1 heterocycles. The van der Waals surface area contributed by atoms with Crippen molar-refractivity contribution in [2.75, 3.05) is 13.6 Å². The summed E-state index contributed by atoms with van der Waals surface area (Å²) in [4.78, 5) is 4.11. The van der Waals surface area contributed by atoms with Gasteiger partial charge in [0.15, 0.2) is 0 Å². The van der Waals surface area contributed by atoms with Crippen LogP contribution in [0.15, 0.2) is 6.33 Å². The summed E-state index contributed by atoms with van der Waals surface area (Å²) in [6.07, 6.45) is 2.68. The number of hydrogen-bond acceptors (Lipinski definition) is 3. The van der Waals surface area contributed by atoms with Crippen molar-refractivity contribution in [3.63, 3.8) is 0 Å². The smallest absolute Gasteiger partial charge is 0.150 e. The fourth-order valence-electron chi connectivity index (χ4n) is 0.829. The Labute approximate surface area is 66.6 Å². The van der Waals surface area contributed by atoms with Gasteiger partial charge < -0.3 is 5.32 Å². The summed E-state index contributed by atoms with van der Waals surface area (Å²) in [6.45, 7) is 3.88. The van der Waals surface area contributed by atoms with Crippen LogP contribution in [0.4, 0.5) is 0 Å². The van der Waals surface area contributed by atoms with E-state index in [0.29, 0.717) is 0 Å². The van der Waals surface area contributed by atoms with E-state index in [1.807, 2.05) is 11.7 Å². The molecule has 0 spiro atoms. The van der Waals surface area contributed by atoms with Crippen molar-refractivity contribution in [2.24, 2.45) is 0 Å². The summed E-state index contributed by atoms with van der Waals surface area (Å²) >= 11 is 0. The lowest BCUT2D eigenvalue weighted by Crippen LogP contribution is -2.15. The van der Waals surface area contributed by atoms with Crippen LogP contribution in [-0.4, -0.2) is 28.4 Å². The van der Waals surface area contributed by atoms with Crippen molar-refractivity contribution in [2.45, 2.75) is 19.9 Å². The normalized spacial score (nSPS) is 10.4. The number of likely N-dealkylation sites (N-methyl/N-ethyl adjacent to an activating group) is 1. The van der Waals surface area contributed by atoms with Crippen molar-refractivity contribution in [3.8, 4) is 0 Å². The first kappa shape index (κ1) is 8.20. The van der Waals surface area contributed by atoms with E-state index < -0.39 is 0 Å². The minimum absolute atomic E-state index is 0.892. The van der Waals surface area contributed by atoms with Gasteiger partial charge in [-0.15, -0.1) is 0 Å². The number of rotatable bonds is 4. The van der Waals surface area contributed by atoms with Gasteiger partial charge in [0.1, 0.15) is 12.2 Å². The zero-order valence-electron chi connectivity index (χ0n) is 7.04. The molecule has 0 radical (unpaired) electrons. The van der Waals surface area contributed by atoms with Crippen LogP contribution in [0.2, 0.25) is 0 Å². The molecule has 62 valence electrons. The molecule has 1 aromatic rings. The average molecular weight is 154 g/mol. The van der Waals surface area contributed by atoms with Crippen LogP contribution >= 0.6 is 0 Å². The lowest BCUT2D eigenvalue weighted by Gasteiger charge is -1.97. The quantitative estimate of drug-likeness (QED) is 0.667. The highest BCUT2D eigenvalue weighted by atomic mass is 15.3. The summed E-state index contributed by atoms with van der Waals surface area (Å²) in [5.41, 5.74) is 0. The van der Waals surface area contributed by atoms with Gasteiger partial charge in [0.05, 0.1) is 6.54 Å². The first-order valence-corrected chi connectivity index (χ1v) is 3.89. The number of aromatic nitrogens is 3. The largest absolute Gasteiger partial charge is 0.318 e. The van der Waals surface area contributed by atoms with Crippen molar-refractivity contribution in [1.29, 1.82) is 0 Å². The monoisotopic (exact) mass is 154 g/mol. The Bertz CT molecular complexity index is 206. The molecule has 1 N–H and O–H groups in total. The molecule has 0 saturated heterocycles. The van der Waals surface area contributed by atoms with Crippen LogP contribution in [0.25, 0.3) is 0 Å². The summed E-state index contributed by atoms with van der Waals surface area (Å²) in [5, 5.41) is 7.29. The number of nitrogens with zero attached hydrogens (tertiary/aromatic N) is 3. The second-order valence-corrected chi connectivity index (χ2v) is 2.38. The van der Waals surface area contributed by atoms with Crippen LogP contribution in [-0.2, 0) is 13.0 Å². The lowest BCUT2D eigenvalue weighted by molar-refractivity contribution is 0.578. The maximum atomic E-state index is 4.23. The zero-order chi connectivity index (χ0) is 8.10. The Morgan fingerprint density at radius 1 is 1.64 bits per heavy atom. The highest BCUT2D eigenvalue weighted by Gasteiger charge is 1.95. The van der Waals surface area contributed by atoms with Crippen molar-refractivity contribution < 1.29 is 0 Å². The first-order chi connectivity index (χ1) is 5.36. The lowest BCUT2D eigenvalue weighted by atomic mass is 10.5. The average Bonchev–Trinajstić information content (AvgIpc) is 2.48. The molecule has 0 aromatic carbocycles. The molecule has 0 bridgehead atoms. The third kappa shape index (κ3) is 2.31. The number of hydrogen-bond donors (Lipinski definition) is 1. The van der Waals surface area contributed by atoms with Crippen LogP contribution in [0, 0.1) is 0 Å². The van der Waals surface area contributed by atoms with E-state index >= 15 is 0 Å². The predicted octanol–water partition coefficient (Wildman–Crippen LogP) is 0.0599. The Balaban J connectivity index is 2.44. The van der Waals surface area contributed by atoms with E-state index in [1.54, 1.807) is 6.33 Å². The van der Waals surface area contributed by atoms with Crippen LogP contribution in [0.5, 0.6) is 0 Å². The van der Waals surface area contributed by atoms with Gasteiger partial charge >= 0.3 is 0 Å². The second-order valence-electron chi connectivity index (χ2n) is 2.38. The second kappa shape index (κ2) is 4.08. The van der Waals surface area contributed by atoms with E-state index in [9.17, 15) is 0 Å². The fraction of sp³-hybridized carbons (Fsp3) is 0.714. The molecule has 1 aromatic heterocycles. The number of nitrogens with one attached hydrogen (secondary N) is 1. The van der Waals surface area contributed by atoms with Crippen molar-refractivity contribution >= 4 is 0 Å². The third-order valence-electron chi connectivity index (χ3n) is 1.49. The molecule has 0 fully saturated rings. The molecule has 0 atom stereocenters. The Morgan fingerprint density at radius 3 is 3.00 bits per heavy atom. The molecule has 0 aliphatic carbocycles. The Hall–Kier alpha value is -0.900. The minimum atomic E-state index is 0.892. The van der Waals surface area contributed by atoms with E-state index in [0.717, 1.165) is 25.3 Å². The zero-order valence-corrected chi connectivity index (χ0v) is 7.04. The maximum Gasteiger partial charge on any atom is 0.150 e. The molecular formula is C7H14N4. The molecule has 1 rings (SSSR count). The van der Waals surface area contributed by atoms with E-state index in [2.05, 4.69) is 22.3 Å². The molecule has 0 amide bonds. The third-order valence-corrected chi connectivity index (χ3v) is 1.49. The minimum Gasteiger partial charge on any atom is -0.318 e. The topological polar surface area (TPSA) is 42.7 Å². The van der Waals surface area contributed by atoms with Crippen LogP contribution in [0.3, 0.4) is 0 Å². The molecule has 0 saturated carbocycles.